The number of hydrogen-bond acceptors (Lipinski definition) is 2. The second kappa shape index (κ2) is 5.55. The molecule has 0 aromatic heterocycles. The van der Waals surface area contributed by atoms with E-state index < -0.39 is 0 Å². The van der Waals surface area contributed by atoms with Gasteiger partial charge in [0.25, 0.3) is 0 Å². The van der Waals surface area contributed by atoms with Crippen LogP contribution < -0.4 is 0 Å². The van der Waals surface area contributed by atoms with Crippen LogP contribution in [0.5, 0.6) is 0 Å². The van der Waals surface area contributed by atoms with Crippen LogP contribution in [-0.2, 0) is 4.74 Å². The molecule has 1 rings (SSSR count). The van der Waals surface area contributed by atoms with Crippen LogP contribution in [0.2, 0.25) is 0 Å². The highest BCUT2D eigenvalue weighted by Gasteiger charge is 2.32. The van der Waals surface area contributed by atoms with E-state index >= 15 is 0 Å². The Bertz CT molecular complexity index is 108. The average Bonchev–Trinajstić information content (AvgIpc) is 2.01. The minimum Gasteiger partial charge on any atom is -0.380 e. The lowest BCUT2D eigenvalue weighted by atomic mass is 9.85. The number of nitrogens with zero attached hydrogens (tertiary/aromatic N) is 1. The van der Waals surface area contributed by atoms with E-state index in [2.05, 4.69) is 25.9 Å². The molecular weight excluding hydrogens is 150 g/mol. The summed E-state index contributed by atoms with van der Waals surface area (Å²) in [5.41, 5.74) is 0.490. The van der Waals surface area contributed by atoms with Crippen molar-refractivity contribution in [2.24, 2.45) is 5.41 Å². The zero-order valence-electron chi connectivity index (χ0n) is 9.18. The second-order valence-electron chi connectivity index (χ2n) is 3.86. The van der Waals surface area contributed by atoms with Crippen molar-refractivity contribution < 1.29 is 4.74 Å². The predicted molar refractivity (Wildman–Crippen MR) is 53.4 cm³/mol. The number of hydrogen-bond donors (Lipinski definition) is 0. The van der Waals surface area contributed by atoms with Crippen molar-refractivity contribution in [3.05, 3.63) is 0 Å². The summed E-state index contributed by atoms with van der Waals surface area (Å²) < 4.78 is 5.15. The van der Waals surface area contributed by atoms with Gasteiger partial charge in [0.2, 0.25) is 0 Å². The molecule has 0 bridgehead atoms. The topological polar surface area (TPSA) is 12.5 Å². The van der Waals surface area contributed by atoms with Gasteiger partial charge in [-0.25, -0.2) is 0 Å². The monoisotopic (exact) mass is 173 g/mol. The Balaban J connectivity index is 0.000000561. The molecule has 1 saturated heterocycles. The standard InChI is InChI=1S/C8H17NO.C2H6/c1-8(6-10-7-8)4-5-9(2)3;1-2/h4-7H2,1-3H3;1-2H3. The summed E-state index contributed by atoms with van der Waals surface area (Å²) in [6, 6.07) is 0. The maximum Gasteiger partial charge on any atom is 0.0542 e. The van der Waals surface area contributed by atoms with E-state index in [9.17, 15) is 0 Å². The largest absolute Gasteiger partial charge is 0.380 e. The molecule has 2 heteroatoms. The Hall–Kier alpha value is -0.0800. The summed E-state index contributed by atoms with van der Waals surface area (Å²) in [5, 5.41) is 0. The first kappa shape index (κ1) is 11.9. The number of rotatable bonds is 3. The van der Waals surface area contributed by atoms with Gasteiger partial charge in [0.15, 0.2) is 0 Å². The Labute approximate surface area is 76.9 Å². The fourth-order valence-electron chi connectivity index (χ4n) is 1.09. The Morgan fingerprint density at radius 2 is 1.75 bits per heavy atom. The van der Waals surface area contributed by atoms with E-state index in [1.807, 2.05) is 13.8 Å². The van der Waals surface area contributed by atoms with E-state index in [1.54, 1.807) is 0 Å². The van der Waals surface area contributed by atoms with E-state index in [0.29, 0.717) is 5.41 Å². The summed E-state index contributed by atoms with van der Waals surface area (Å²) in [7, 11) is 4.23. The van der Waals surface area contributed by atoms with Crippen LogP contribution in [0.3, 0.4) is 0 Å². The Morgan fingerprint density at radius 1 is 1.25 bits per heavy atom. The molecule has 0 amide bonds. The SMILES string of the molecule is CC.CN(C)CCC1(C)COC1. The summed E-state index contributed by atoms with van der Waals surface area (Å²) in [6.45, 7) is 9.39. The molecule has 1 aliphatic rings. The van der Waals surface area contributed by atoms with Crippen LogP contribution >= 0.6 is 0 Å². The van der Waals surface area contributed by atoms with Gasteiger partial charge in [-0.05, 0) is 27.1 Å². The first-order valence-corrected chi connectivity index (χ1v) is 4.85. The Morgan fingerprint density at radius 3 is 2.00 bits per heavy atom. The molecule has 0 spiro atoms. The van der Waals surface area contributed by atoms with Gasteiger partial charge in [-0.15, -0.1) is 0 Å². The molecule has 0 radical (unpaired) electrons. The predicted octanol–water partition coefficient (Wildman–Crippen LogP) is 2.00. The molecule has 0 atom stereocenters. The average molecular weight is 173 g/mol. The molecule has 0 N–H and O–H groups in total. The molecule has 74 valence electrons. The number of ether oxygens (including phenoxy) is 1. The Kier molecular flexibility index (Phi) is 5.51. The summed E-state index contributed by atoms with van der Waals surface area (Å²) >= 11 is 0. The third kappa shape index (κ3) is 4.07. The highest BCUT2D eigenvalue weighted by molar-refractivity contribution is 4.80. The van der Waals surface area contributed by atoms with Crippen molar-refractivity contribution in [3.63, 3.8) is 0 Å². The highest BCUT2D eigenvalue weighted by atomic mass is 16.5. The van der Waals surface area contributed by atoms with E-state index in [0.717, 1.165) is 13.2 Å². The van der Waals surface area contributed by atoms with E-state index in [-0.39, 0.29) is 0 Å². The fourth-order valence-corrected chi connectivity index (χ4v) is 1.09. The zero-order valence-corrected chi connectivity index (χ0v) is 9.18. The van der Waals surface area contributed by atoms with E-state index in [1.165, 1.54) is 13.0 Å². The second-order valence-corrected chi connectivity index (χ2v) is 3.86. The molecule has 0 unspecified atom stereocenters. The van der Waals surface area contributed by atoms with E-state index in [4.69, 9.17) is 4.74 Å². The van der Waals surface area contributed by atoms with Gasteiger partial charge in [0, 0.05) is 5.41 Å². The van der Waals surface area contributed by atoms with Crippen LogP contribution in [0.4, 0.5) is 0 Å². The molecule has 1 fully saturated rings. The molecule has 1 heterocycles. The van der Waals surface area contributed by atoms with Gasteiger partial charge in [-0.2, -0.15) is 0 Å². The molecular formula is C10H23NO. The maximum atomic E-state index is 5.15. The molecule has 12 heavy (non-hydrogen) atoms. The van der Waals surface area contributed by atoms with Crippen molar-refractivity contribution in [1.82, 2.24) is 4.90 Å². The van der Waals surface area contributed by atoms with Gasteiger partial charge in [0.05, 0.1) is 13.2 Å². The lowest BCUT2D eigenvalue weighted by Gasteiger charge is -2.38. The van der Waals surface area contributed by atoms with Gasteiger partial charge in [-0.1, -0.05) is 20.8 Å². The third-order valence-electron chi connectivity index (χ3n) is 2.06. The van der Waals surface area contributed by atoms with Gasteiger partial charge >= 0.3 is 0 Å². The first-order chi connectivity index (χ1) is 5.62. The molecule has 0 saturated carbocycles. The van der Waals surface area contributed by atoms with Crippen molar-refractivity contribution >= 4 is 0 Å². The molecule has 0 aromatic rings. The first-order valence-electron chi connectivity index (χ1n) is 4.85. The van der Waals surface area contributed by atoms with Crippen molar-refractivity contribution in [2.75, 3.05) is 33.9 Å². The summed E-state index contributed by atoms with van der Waals surface area (Å²) in [6.07, 6.45) is 1.26. The van der Waals surface area contributed by atoms with Crippen LogP contribution in [0.1, 0.15) is 27.2 Å². The van der Waals surface area contributed by atoms with Crippen molar-refractivity contribution in [3.8, 4) is 0 Å². The van der Waals surface area contributed by atoms with Crippen LogP contribution in [0, 0.1) is 5.41 Å². The summed E-state index contributed by atoms with van der Waals surface area (Å²) in [4.78, 5) is 2.23. The van der Waals surface area contributed by atoms with Gasteiger partial charge in [-0.3, -0.25) is 0 Å². The minimum absolute atomic E-state index is 0.490. The summed E-state index contributed by atoms with van der Waals surface area (Å²) in [5.74, 6) is 0. The molecule has 2 nitrogen and oxygen atoms in total. The van der Waals surface area contributed by atoms with Crippen molar-refractivity contribution in [2.45, 2.75) is 27.2 Å². The smallest absolute Gasteiger partial charge is 0.0542 e. The zero-order chi connectivity index (χ0) is 9.61. The normalized spacial score (nSPS) is 19.5. The maximum absolute atomic E-state index is 5.15. The van der Waals surface area contributed by atoms with Crippen LogP contribution in [0.15, 0.2) is 0 Å². The lowest BCUT2D eigenvalue weighted by molar-refractivity contribution is -0.107. The molecule has 0 aliphatic carbocycles. The molecule has 1 aliphatic heterocycles. The molecule has 0 aromatic carbocycles. The van der Waals surface area contributed by atoms with Crippen LogP contribution in [0.25, 0.3) is 0 Å². The third-order valence-corrected chi connectivity index (χ3v) is 2.06. The lowest BCUT2D eigenvalue weighted by Crippen LogP contribution is -2.41. The minimum atomic E-state index is 0.490. The van der Waals surface area contributed by atoms with Gasteiger partial charge in [0.1, 0.15) is 0 Å². The van der Waals surface area contributed by atoms with Crippen molar-refractivity contribution in [1.29, 1.82) is 0 Å². The quantitative estimate of drug-likeness (QED) is 0.647. The van der Waals surface area contributed by atoms with Crippen LogP contribution in [-0.4, -0.2) is 38.8 Å². The fraction of sp³-hybridized carbons (Fsp3) is 1.00. The highest BCUT2D eigenvalue weighted by Crippen LogP contribution is 2.30. The van der Waals surface area contributed by atoms with Gasteiger partial charge < -0.3 is 9.64 Å².